The van der Waals surface area contributed by atoms with Crippen molar-refractivity contribution in [2.24, 2.45) is 0 Å². The fraction of sp³-hybridized carbons (Fsp3) is 0.0500. The lowest BCUT2D eigenvalue weighted by molar-refractivity contribution is -0.116. The number of benzene rings is 2. The summed E-state index contributed by atoms with van der Waals surface area (Å²) < 4.78 is 27.6. The van der Waals surface area contributed by atoms with Gasteiger partial charge in [0.15, 0.2) is 0 Å². The molecule has 0 aliphatic rings. The minimum absolute atomic E-state index is 0.0218. The molecule has 0 fully saturated rings. The molecule has 0 atom stereocenters. The first-order chi connectivity index (χ1) is 13.5. The van der Waals surface area contributed by atoms with Gasteiger partial charge in [0.1, 0.15) is 23.0 Å². The van der Waals surface area contributed by atoms with Crippen LogP contribution >= 0.6 is 11.3 Å². The van der Waals surface area contributed by atoms with Crippen LogP contribution in [-0.4, -0.2) is 15.5 Å². The van der Waals surface area contributed by atoms with Gasteiger partial charge >= 0.3 is 0 Å². The van der Waals surface area contributed by atoms with Crippen LogP contribution in [0.15, 0.2) is 65.7 Å². The fourth-order valence-corrected chi connectivity index (χ4v) is 3.79. The number of halogens is 2. The zero-order valence-corrected chi connectivity index (χ0v) is 15.2. The molecule has 4 aromatic rings. The van der Waals surface area contributed by atoms with Gasteiger partial charge < -0.3 is 5.32 Å². The summed E-state index contributed by atoms with van der Waals surface area (Å²) in [5.74, 6) is -2.20. The van der Waals surface area contributed by atoms with Crippen molar-refractivity contribution >= 4 is 33.1 Å². The highest BCUT2D eigenvalue weighted by molar-refractivity contribution is 7.21. The Morgan fingerprint density at radius 3 is 2.50 bits per heavy atom. The van der Waals surface area contributed by atoms with Gasteiger partial charge in [-0.25, -0.2) is 13.8 Å². The number of nitrogens with zero attached hydrogens (tertiary/aromatic N) is 2. The summed E-state index contributed by atoms with van der Waals surface area (Å²) in [4.78, 5) is 30.6. The van der Waals surface area contributed by atoms with E-state index in [-0.39, 0.29) is 17.8 Å². The Hall–Kier alpha value is -3.39. The molecule has 5 nitrogen and oxygen atoms in total. The topological polar surface area (TPSA) is 64.0 Å². The van der Waals surface area contributed by atoms with Gasteiger partial charge in [0, 0.05) is 16.6 Å². The number of nitrogens with one attached hydrogen (secondary N) is 1. The third-order valence-electron chi connectivity index (χ3n) is 4.04. The molecule has 4 rings (SSSR count). The number of aromatic nitrogens is 2. The molecule has 0 spiro atoms. The van der Waals surface area contributed by atoms with E-state index in [0.29, 0.717) is 16.3 Å². The summed E-state index contributed by atoms with van der Waals surface area (Å²) in [7, 11) is 0. The number of anilines is 1. The number of fused-ring (bicyclic) bond motifs is 1. The van der Waals surface area contributed by atoms with Crippen LogP contribution in [0.1, 0.15) is 0 Å². The third kappa shape index (κ3) is 3.67. The number of hydrogen-bond donors (Lipinski definition) is 1. The predicted molar refractivity (Wildman–Crippen MR) is 104 cm³/mol. The van der Waals surface area contributed by atoms with Gasteiger partial charge in [0.05, 0.1) is 11.7 Å². The maximum Gasteiger partial charge on any atom is 0.262 e. The van der Waals surface area contributed by atoms with Gasteiger partial charge in [-0.1, -0.05) is 30.3 Å². The number of carbonyl (C=O) groups is 1. The quantitative estimate of drug-likeness (QED) is 0.565. The van der Waals surface area contributed by atoms with E-state index in [4.69, 9.17) is 0 Å². The Kier molecular flexibility index (Phi) is 4.70. The second-order valence-corrected chi connectivity index (χ2v) is 7.11. The lowest BCUT2D eigenvalue weighted by Crippen LogP contribution is -2.27. The molecule has 0 unspecified atom stereocenters. The molecule has 0 radical (unpaired) electrons. The van der Waals surface area contributed by atoms with E-state index in [0.717, 1.165) is 27.1 Å². The van der Waals surface area contributed by atoms with E-state index in [2.05, 4.69) is 10.3 Å². The van der Waals surface area contributed by atoms with E-state index in [1.807, 2.05) is 30.3 Å². The molecule has 0 aliphatic carbocycles. The number of rotatable bonds is 4. The van der Waals surface area contributed by atoms with Crippen LogP contribution in [0.2, 0.25) is 0 Å². The van der Waals surface area contributed by atoms with Crippen molar-refractivity contribution in [1.29, 1.82) is 0 Å². The summed E-state index contributed by atoms with van der Waals surface area (Å²) >= 11 is 1.39. The molecule has 2 aromatic heterocycles. The largest absolute Gasteiger partial charge is 0.324 e. The lowest BCUT2D eigenvalue weighted by Gasteiger charge is -2.07. The highest BCUT2D eigenvalue weighted by Gasteiger charge is 2.13. The van der Waals surface area contributed by atoms with E-state index < -0.39 is 17.5 Å². The van der Waals surface area contributed by atoms with Crippen LogP contribution in [0.3, 0.4) is 0 Å². The average molecular weight is 397 g/mol. The molecule has 1 N–H and O–H groups in total. The van der Waals surface area contributed by atoms with E-state index >= 15 is 0 Å². The van der Waals surface area contributed by atoms with Crippen molar-refractivity contribution in [2.45, 2.75) is 6.54 Å². The van der Waals surface area contributed by atoms with Crippen molar-refractivity contribution in [3.05, 3.63) is 82.9 Å². The van der Waals surface area contributed by atoms with Crippen molar-refractivity contribution in [1.82, 2.24) is 9.55 Å². The van der Waals surface area contributed by atoms with Crippen molar-refractivity contribution < 1.29 is 13.6 Å². The monoisotopic (exact) mass is 397 g/mol. The number of hydrogen-bond acceptors (Lipinski definition) is 4. The summed E-state index contributed by atoms with van der Waals surface area (Å²) in [5, 5.41) is 2.79. The van der Waals surface area contributed by atoms with E-state index in [1.54, 1.807) is 6.07 Å². The van der Waals surface area contributed by atoms with Crippen molar-refractivity contribution in [3.8, 4) is 10.4 Å². The highest BCUT2D eigenvalue weighted by Crippen LogP contribution is 2.30. The summed E-state index contributed by atoms with van der Waals surface area (Å²) in [6.07, 6.45) is 1.29. The van der Waals surface area contributed by atoms with Crippen LogP contribution in [0.25, 0.3) is 20.7 Å². The molecule has 140 valence electrons. The van der Waals surface area contributed by atoms with Crippen molar-refractivity contribution in [2.75, 3.05) is 5.32 Å². The fourth-order valence-electron chi connectivity index (χ4n) is 2.80. The predicted octanol–water partition coefficient (Wildman–Crippen LogP) is 4.04. The number of carbonyl (C=O) groups excluding carboxylic acids is 1. The van der Waals surface area contributed by atoms with Crippen LogP contribution in [0.4, 0.5) is 14.5 Å². The minimum Gasteiger partial charge on any atom is -0.324 e. The lowest BCUT2D eigenvalue weighted by atomic mass is 10.2. The zero-order chi connectivity index (χ0) is 19.7. The molecule has 0 saturated heterocycles. The van der Waals surface area contributed by atoms with Gasteiger partial charge in [-0.15, -0.1) is 11.3 Å². The summed E-state index contributed by atoms with van der Waals surface area (Å²) in [6.45, 7) is -0.323. The third-order valence-corrected chi connectivity index (χ3v) is 5.13. The second-order valence-electron chi connectivity index (χ2n) is 6.08. The molecule has 2 heterocycles. The molecule has 0 bridgehead atoms. The van der Waals surface area contributed by atoms with Crippen LogP contribution < -0.4 is 10.9 Å². The minimum atomic E-state index is -0.803. The molecule has 8 heteroatoms. The first-order valence-electron chi connectivity index (χ1n) is 8.30. The van der Waals surface area contributed by atoms with E-state index in [9.17, 15) is 18.4 Å². The Morgan fingerprint density at radius 2 is 1.79 bits per heavy atom. The maximum atomic E-state index is 13.2. The molecule has 2 aromatic carbocycles. The molecule has 1 amide bonds. The van der Waals surface area contributed by atoms with Gasteiger partial charge in [-0.3, -0.25) is 14.2 Å². The zero-order valence-electron chi connectivity index (χ0n) is 14.4. The summed E-state index contributed by atoms with van der Waals surface area (Å²) in [5.41, 5.74) is 0.595. The molecule has 28 heavy (non-hydrogen) atoms. The average Bonchev–Trinajstić information content (AvgIpc) is 3.09. The van der Waals surface area contributed by atoms with Gasteiger partial charge in [0.25, 0.3) is 5.56 Å². The van der Waals surface area contributed by atoms with Gasteiger partial charge in [0.2, 0.25) is 5.91 Å². The maximum absolute atomic E-state index is 13.2. The van der Waals surface area contributed by atoms with Crippen LogP contribution in [-0.2, 0) is 11.3 Å². The van der Waals surface area contributed by atoms with Gasteiger partial charge in [-0.2, -0.15) is 0 Å². The smallest absolute Gasteiger partial charge is 0.262 e. The van der Waals surface area contributed by atoms with Gasteiger partial charge in [-0.05, 0) is 23.8 Å². The Balaban J connectivity index is 1.59. The molecular weight excluding hydrogens is 384 g/mol. The molecule has 0 saturated carbocycles. The Labute approximate surface area is 161 Å². The number of amides is 1. The van der Waals surface area contributed by atoms with Crippen LogP contribution in [0, 0.1) is 11.6 Å². The van der Waals surface area contributed by atoms with Crippen molar-refractivity contribution in [3.63, 3.8) is 0 Å². The number of thiophene rings is 1. The summed E-state index contributed by atoms with van der Waals surface area (Å²) in [6, 6.07) is 14.1. The van der Waals surface area contributed by atoms with E-state index in [1.165, 1.54) is 17.7 Å². The Morgan fingerprint density at radius 1 is 1.07 bits per heavy atom. The second kappa shape index (κ2) is 7.32. The SMILES string of the molecule is O=C(Cn1cnc2sc(-c3ccccc3)cc2c1=O)Nc1cc(F)cc(F)c1. The molecule has 0 aliphatic heterocycles. The first kappa shape index (κ1) is 18.0. The van der Waals surface area contributed by atoms with Crippen LogP contribution in [0.5, 0.6) is 0 Å². The molecular formula is C20H13F2N3O2S. The standard InChI is InChI=1S/C20H13F2N3O2S/c21-13-6-14(22)8-15(7-13)24-18(26)10-25-11-23-19-16(20(25)27)9-17(28-19)12-4-2-1-3-5-12/h1-9,11H,10H2,(H,24,26). The normalized spacial score (nSPS) is 10.9. The highest BCUT2D eigenvalue weighted by atomic mass is 32.1. The Bertz CT molecular complexity index is 1220. The first-order valence-corrected chi connectivity index (χ1v) is 9.11.